The zero-order valence-corrected chi connectivity index (χ0v) is 15.6. The summed E-state index contributed by atoms with van der Waals surface area (Å²) in [5, 5.41) is 9.28. The number of halogens is 4. The Morgan fingerprint density at radius 3 is 2.25 bits per heavy atom. The van der Waals surface area contributed by atoms with E-state index in [2.05, 4.69) is 0 Å². The van der Waals surface area contributed by atoms with Crippen LogP contribution in [-0.4, -0.2) is 26.0 Å². The fourth-order valence-corrected chi connectivity index (χ4v) is 4.14. The molecule has 2 aromatic carbocycles. The van der Waals surface area contributed by atoms with E-state index >= 15 is 0 Å². The van der Waals surface area contributed by atoms with Crippen LogP contribution in [0.4, 0.5) is 5.69 Å². The molecule has 0 amide bonds. The monoisotopic (exact) mass is 427 g/mol. The third kappa shape index (κ3) is 3.90. The molecule has 0 bridgehead atoms. The van der Waals surface area contributed by atoms with Crippen LogP contribution in [0.25, 0.3) is 0 Å². The molecule has 24 heavy (non-hydrogen) atoms. The molecule has 128 valence electrons. The fraction of sp³-hybridized carbons (Fsp3) is 0.0714. The Hall–Kier alpha value is -1.18. The fourth-order valence-electron chi connectivity index (χ4n) is 1.87. The maximum Gasteiger partial charge on any atom is 0.324 e. The van der Waals surface area contributed by atoms with Gasteiger partial charge in [-0.15, -0.1) is 0 Å². The molecule has 10 heteroatoms. The minimum absolute atomic E-state index is 0.0187. The number of carboxylic acid groups (broad SMARTS) is 1. The van der Waals surface area contributed by atoms with Gasteiger partial charge in [0.25, 0.3) is 10.0 Å². The summed E-state index contributed by atoms with van der Waals surface area (Å²) >= 11 is 23.6. The zero-order valence-electron chi connectivity index (χ0n) is 11.7. The van der Waals surface area contributed by atoms with E-state index in [1.165, 1.54) is 30.3 Å². The Balaban J connectivity index is 2.64. The number of carbonyl (C=O) groups is 1. The van der Waals surface area contributed by atoms with Crippen molar-refractivity contribution in [1.82, 2.24) is 0 Å². The summed E-state index contributed by atoms with van der Waals surface area (Å²) in [7, 11) is -4.26. The maximum absolute atomic E-state index is 12.9. The van der Waals surface area contributed by atoms with Gasteiger partial charge >= 0.3 is 5.97 Å². The molecule has 0 saturated heterocycles. The van der Waals surface area contributed by atoms with Crippen LogP contribution in [-0.2, 0) is 14.8 Å². The van der Waals surface area contributed by atoms with Crippen LogP contribution in [0, 0.1) is 0 Å². The van der Waals surface area contributed by atoms with Gasteiger partial charge in [0.2, 0.25) is 0 Å². The number of carboxylic acids is 1. The first-order chi connectivity index (χ1) is 11.1. The standard InChI is InChI=1S/C14H9Cl4NO4S/c15-9-5-4-8(6-11(9)17)24(22,23)19(7-13(20)21)12-3-1-2-10(16)14(12)18/h1-6H,7H2,(H,20,21). The third-order valence-electron chi connectivity index (χ3n) is 2.96. The number of benzene rings is 2. The van der Waals surface area contributed by atoms with E-state index in [0.717, 1.165) is 6.07 Å². The molecule has 0 aliphatic heterocycles. The molecule has 1 N–H and O–H groups in total. The molecule has 0 saturated carbocycles. The lowest BCUT2D eigenvalue weighted by molar-refractivity contribution is -0.135. The normalized spacial score (nSPS) is 11.3. The topological polar surface area (TPSA) is 74.7 Å². The summed E-state index contributed by atoms with van der Waals surface area (Å²) in [5.74, 6) is -1.37. The Labute approximate surface area is 158 Å². The van der Waals surface area contributed by atoms with Crippen molar-refractivity contribution in [2.75, 3.05) is 10.8 Å². The SMILES string of the molecule is O=C(O)CN(c1cccc(Cl)c1Cl)S(=O)(=O)c1ccc(Cl)c(Cl)c1. The quantitative estimate of drug-likeness (QED) is 0.756. The first-order valence-corrected chi connectivity index (χ1v) is 9.23. The summed E-state index contributed by atoms with van der Waals surface area (Å²) in [6.45, 7) is -0.845. The maximum atomic E-state index is 12.9. The van der Waals surface area contributed by atoms with Crippen molar-refractivity contribution in [3.63, 3.8) is 0 Å². The molecule has 2 aromatic rings. The van der Waals surface area contributed by atoms with Gasteiger partial charge in [-0.1, -0.05) is 52.5 Å². The van der Waals surface area contributed by atoms with Crippen molar-refractivity contribution in [1.29, 1.82) is 0 Å². The second-order valence-electron chi connectivity index (χ2n) is 4.55. The van der Waals surface area contributed by atoms with E-state index in [1.807, 2.05) is 0 Å². The predicted molar refractivity (Wildman–Crippen MR) is 95.1 cm³/mol. The van der Waals surface area contributed by atoms with E-state index in [-0.39, 0.29) is 30.7 Å². The third-order valence-corrected chi connectivity index (χ3v) is 6.26. The van der Waals surface area contributed by atoms with Gasteiger partial charge in [0, 0.05) is 0 Å². The Morgan fingerprint density at radius 1 is 1.00 bits per heavy atom. The molecular weight excluding hydrogens is 420 g/mol. The number of rotatable bonds is 5. The lowest BCUT2D eigenvalue weighted by Gasteiger charge is -2.24. The van der Waals surface area contributed by atoms with Crippen LogP contribution in [0.1, 0.15) is 0 Å². The number of aliphatic carboxylic acids is 1. The van der Waals surface area contributed by atoms with Gasteiger partial charge in [-0.3, -0.25) is 9.10 Å². The van der Waals surface area contributed by atoms with Gasteiger partial charge < -0.3 is 5.11 Å². The van der Waals surface area contributed by atoms with Crippen molar-refractivity contribution in [2.24, 2.45) is 0 Å². The molecule has 0 radical (unpaired) electrons. The minimum Gasteiger partial charge on any atom is -0.480 e. The van der Waals surface area contributed by atoms with E-state index in [9.17, 15) is 13.2 Å². The van der Waals surface area contributed by atoms with Crippen molar-refractivity contribution >= 4 is 68.1 Å². The van der Waals surface area contributed by atoms with Crippen LogP contribution in [0.2, 0.25) is 20.1 Å². The molecule has 0 heterocycles. The van der Waals surface area contributed by atoms with Crippen LogP contribution in [0.3, 0.4) is 0 Å². The first-order valence-electron chi connectivity index (χ1n) is 6.28. The highest BCUT2D eigenvalue weighted by Crippen LogP contribution is 2.36. The van der Waals surface area contributed by atoms with Crippen molar-refractivity contribution in [3.05, 3.63) is 56.5 Å². The van der Waals surface area contributed by atoms with Gasteiger partial charge in [0.05, 0.1) is 30.7 Å². The van der Waals surface area contributed by atoms with Crippen LogP contribution in [0.5, 0.6) is 0 Å². The molecule has 0 spiro atoms. The minimum atomic E-state index is -4.26. The van der Waals surface area contributed by atoms with Gasteiger partial charge in [-0.2, -0.15) is 0 Å². The largest absolute Gasteiger partial charge is 0.480 e. The van der Waals surface area contributed by atoms with Crippen LogP contribution >= 0.6 is 46.4 Å². The Morgan fingerprint density at radius 2 is 1.67 bits per heavy atom. The van der Waals surface area contributed by atoms with Gasteiger partial charge in [-0.05, 0) is 30.3 Å². The van der Waals surface area contributed by atoms with Gasteiger partial charge in [-0.25, -0.2) is 8.42 Å². The van der Waals surface area contributed by atoms with Crippen molar-refractivity contribution < 1.29 is 18.3 Å². The summed E-state index contributed by atoms with van der Waals surface area (Å²) < 4.78 is 26.4. The highest BCUT2D eigenvalue weighted by Gasteiger charge is 2.29. The highest BCUT2D eigenvalue weighted by molar-refractivity contribution is 7.92. The van der Waals surface area contributed by atoms with Gasteiger partial charge in [0.1, 0.15) is 6.54 Å². The number of sulfonamides is 1. The number of nitrogens with zero attached hydrogens (tertiary/aromatic N) is 1. The molecule has 5 nitrogen and oxygen atoms in total. The van der Waals surface area contributed by atoms with Crippen molar-refractivity contribution in [3.8, 4) is 0 Å². The summed E-state index contributed by atoms with van der Waals surface area (Å²) in [5.41, 5.74) is -0.0577. The first kappa shape index (κ1) is 19.1. The molecule has 0 unspecified atom stereocenters. The Kier molecular flexibility index (Phi) is 5.88. The van der Waals surface area contributed by atoms with Gasteiger partial charge in [0.15, 0.2) is 0 Å². The van der Waals surface area contributed by atoms with E-state index in [1.54, 1.807) is 0 Å². The molecule has 0 aliphatic carbocycles. The van der Waals surface area contributed by atoms with Crippen molar-refractivity contribution in [2.45, 2.75) is 4.90 Å². The summed E-state index contributed by atoms with van der Waals surface area (Å²) in [6.07, 6.45) is 0. The van der Waals surface area contributed by atoms with Crippen LogP contribution < -0.4 is 4.31 Å². The molecule has 0 aromatic heterocycles. The number of hydrogen-bond donors (Lipinski definition) is 1. The molecule has 0 aliphatic rings. The lowest BCUT2D eigenvalue weighted by atomic mass is 10.3. The Bertz CT molecular complexity index is 902. The number of hydrogen-bond acceptors (Lipinski definition) is 3. The average molecular weight is 429 g/mol. The summed E-state index contributed by atoms with van der Waals surface area (Å²) in [6, 6.07) is 7.92. The second kappa shape index (κ2) is 7.37. The molecule has 2 rings (SSSR count). The molecule has 0 fully saturated rings. The number of anilines is 1. The smallest absolute Gasteiger partial charge is 0.324 e. The lowest BCUT2D eigenvalue weighted by Crippen LogP contribution is -2.36. The zero-order chi connectivity index (χ0) is 18.1. The highest BCUT2D eigenvalue weighted by atomic mass is 35.5. The predicted octanol–water partition coefficient (Wildman–Crippen LogP) is 4.58. The molecular formula is C14H9Cl4NO4S. The van der Waals surface area contributed by atoms with E-state index < -0.39 is 22.5 Å². The second-order valence-corrected chi connectivity index (χ2v) is 8.02. The van der Waals surface area contributed by atoms with E-state index in [0.29, 0.717) is 4.31 Å². The van der Waals surface area contributed by atoms with Crippen LogP contribution in [0.15, 0.2) is 41.3 Å². The van der Waals surface area contributed by atoms with E-state index in [4.69, 9.17) is 51.5 Å². The molecule has 0 atom stereocenters. The summed E-state index contributed by atoms with van der Waals surface area (Å²) in [4.78, 5) is 10.9. The average Bonchev–Trinajstić information content (AvgIpc) is 2.50.